The summed E-state index contributed by atoms with van der Waals surface area (Å²) >= 11 is 0. The second-order valence-corrected chi connectivity index (χ2v) is 5.82. The number of aliphatic hydroxyl groups is 2. The van der Waals surface area contributed by atoms with Crippen LogP contribution in [0.5, 0.6) is 5.75 Å². The van der Waals surface area contributed by atoms with Crippen LogP contribution in [0, 0.1) is 0 Å². The lowest BCUT2D eigenvalue weighted by molar-refractivity contribution is -0.133. The molecule has 0 saturated carbocycles. The molecule has 0 aliphatic heterocycles. The summed E-state index contributed by atoms with van der Waals surface area (Å²) in [7, 11) is 0. The first-order chi connectivity index (χ1) is 13.6. The molecule has 0 aliphatic carbocycles. The van der Waals surface area contributed by atoms with Crippen molar-refractivity contribution in [3.63, 3.8) is 0 Å². The highest BCUT2D eigenvalue weighted by Gasteiger charge is 2.06. The van der Waals surface area contributed by atoms with Gasteiger partial charge in [0.25, 0.3) is 0 Å². The van der Waals surface area contributed by atoms with Gasteiger partial charge in [0, 0.05) is 16.7 Å². The Morgan fingerprint density at radius 3 is 1.69 bits per heavy atom. The highest BCUT2D eigenvalue weighted by atomic mass is 16.5. The fourth-order valence-corrected chi connectivity index (χ4v) is 1.61. The van der Waals surface area contributed by atoms with E-state index >= 15 is 0 Å². The van der Waals surface area contributed by atoms with Gasteiger partial charge in [-0.05, 0) is 25.5 Å². The fraction of sp³-hybridized carbons (Fsp3) is 0.182. The molecule has 0 amide bonds. The number of carboxylic acid groups (broad SMARTS) is 2. The quantitative estimate of drug-likeness (QED) is 0.431. The van der Waals surface area contributed by atoms with Crippen molar-refractivity contribution in [3.05, 3.63) is 78.9 Å². The van der Waals surface area contributed by atoms with Crippen molar-refractivity contribution in [2.24, 2.45) is 0 Å². The third kappa shape index (κ3) is 11.8. The maximum atomic E-state index is 9.60. The van der Waals surface area contributed by atoms with Crippen LogP contribution in [0.1, 0.15) is 13.8 Å². The van der Waals surface area contributed by atoms with Crippen molar-refractivity contribution in [2.45, 2.75) is 20.1 Å². The minimum absolute atomic E-state index is 0.135. The van der Waals surface area contributed by atoms with Gasteiger partial charge in [0.2, 0.25) is 0 Å². The number of rotatable bonds is 6. The average molecular weight is 402 g/mol. The Labute approximate surface area is 169 Å². The van der Waals surface area contributed by atoms with Gasteiger partial charge in [0.1, 0.15) is 12.4 Å². The normalized spacial score (nSPS) is 9.28. The lowest BCUT2D eigenvalue weighted by Gasteiger charge is -2.12. The van der Waals surface area contributed by atoms with Crippen molar-refractivity contribution in [3.8, 4) is 16.9 Å². The molecule has 2 aromatic rings. The molecule has 0 unspecified atom stereocenters. The van der Waals surface area contributed by atoms with E-state index < -0.39 is 18.2 Å². The molecule has 7 nitrogen and oxygen atoms in total. The first-order valence-electron chi connectivity index (χ1n) is 8.47. The summed E-state index contributed by atoms with van der Waals surface area (Å²) in [5, 5.41) is 33.4. The van der Waals surface area contributed by atoms with Crippen molar-refractivity contribution in [1.29, 1.82) is 0 Å². The minimum atomic E-state index is -1.46. The van der Waals surface area contributed by atoms with Crippen molar-refractivity contribution in [2.75, 3.05) is 6.61 Å². The maximum absolute atomic E-state index is 9.60. The molecule has 0 radical (unpaired) electrons. The third-order valence-electron chi connectivity index (χ3n) is 3.09. The van der Waals surface area contributed by atoms with Gasteiger partial charge >= 0.3 is 11.9 Å². The molecule has 4 N–H and O–H groups in total. The van der Waals surface area contributed by atoms with E-state index in [9.17, 15) is 9.59 Å². The summed E-state index contributed by atoms with van der Waals surface area (Å²) in [5.41, 5.74) is 2.33. The Morgan fingerprint density at radius 2 is 1.28 bits per heavy atom. The van der Waals surface area contributed by atoms with Crippen molar-refractivity contribution < 1.29 is 34.8 Å². The molecule has 156 valence electrons. The van der Waals surface area contributed by atoms with Gasteiger partial charge in [0.05, 0.1) is 0 Å². The van der Waals surface area contributed by atoms with Crippen LogP contribution >= 0.6 is 0 Å². The lowest BCUT2D eigenvalue weighted by atomic mass is 10.1. The molecule has 0 fully saturated rings. The van der Waals surface area contributed by atoms with Crippen LogP contribution < -0.4 is 4.74 Å². The predicted octanol–water partition coefficient (Wildman–Crippen LogP) is 3.34. The smallest absolute Gasteiger partial charge is 0.330 e. The number of carboxylic acids is 2. The third-order valence-corrected chi connectivity index (χ3v) is 3.09. The zero-order valence-electron chi connectivity index (χ0n) is 16.4. The SMILES string of the molecule is C=C(C)C(=O)O.C=C(C)C(=O)O.OC(O)COc1ccccc1-c1ccccc1. The molecule has 2 rings (SSSR count). The Bertz CT molecular complexity index is 763. The van der Waals surface area contributed by atoms with Crippen molar-refractivity contribution >= 4 is 11.9 Å². The molecule has 0 bridgehead atoms. The molecule has 0 atom stereocenters. The number of para-hydroxylation sites is 1. The summed E-state index contributed by atoms with van der Waals surface area (Å²) < 4.78 is 5.35. The molecule has 29 heavy (non-hydrogen) atoms. The summed E-state index contributed by atoms with van der Waals surface area (Å²) in [6.45, 7) is 9.07. The summed E-state index contributed by atoms with van der Waals surface area (Å²) in [6, 6.07) is 17.3. The number of aliphatic hydroxyl groups excluding tert-OH is 1. The summed E-state index contributed by atoms with van der Waals surface area (Å²) in [4.78, 5) is 19.2. The Balaban J connectivity index is 0.000000542. The standard InChI is InChI=1S/C14H14O3.2C4H6O2/c15-14(16)10-17-13-9-5-4-8-12(13)11-6-2-1-3-7-11;2*1-3(2)4(5)6/h1-9,14-16H,10H2;2*1H2,2H3,(H,5,6). The van der Waals surface area contributed by atoms with E-state index in [2.05, 4.69) is 13.2 Å². The van der Waals surface area contributed by atoms with Crippen LogP contribution in [0.15, 0.2) is 78.9 Å². The molecule has 0 heterocycles. The van der Waals surface area contributed by atoms with E-state index in [4.69, 9.17) is 25.2 Å². The Hall–Kier alpha value is -3.42. The van der Waals surface area contributed by atoms with Crippen LogP contribution in [0.2, 0.25) is 0 Å². The summed E-state index contributed by atoms with van der Waals surface area (Å²) in [5.74, 6) is -1.23. The summed E-state index contributed by atoms with van der Waals surface area (Å²) in [6.07, 6.45) is -1.46. The van der Waals surface area contributed by atoms with Gasteiger partial charge in [-0.2, -0.15) is 0 Å². The molecule has 0 spiro atoms. The second kappa shape index (κ2) is 13.7. The molecular formula is C22H26O7. The van der Waals surface area contributed by atoms with Gasteiger partial charge in [-0.15, -0.1) is 0 Å². The van der Waals surface area contributed by atoms with Crippen LogP contribution in [0.3, 0.4) is 0 Å². The maximum Gasteiger partial charge on any atom is 0.330 e. The number of carbonyl (C=O) groups is 2. The number of hydrogen-bond donors (Lipinski definition) is 4. The molecule has 7 heteroatoms. The molecular weight excluding hydrogens is 376 g/mol. The van der Waals surface area contributed by atoms with E-state index in [1.54, 1.807) is 0 Å². The first kappa shape index (κ1) is 25.6. The van der Waals surface area contributed by atoms with Crippen molar-refractivity contribution in [1.82, 2.24) is 0 Å². The second-order valence-electron chi connectivity index (χ2n) is 5.82. The average Bonchev–Trinajstić information content (AvgIpc) is 2.68. The molecule has 0 aliphatic rings. The zero-order chi connectivity index (χ0) is 22.4. The minimum Gasteiger partial charge on any atom is -0.488 e. The Morgan fingerprint density at radius 1 is 0.862 bits per heavy atom. The van der Waals surface area contributed by atoms with E-state index in [1.807, 2.05) is 54.6 Å². The first-order valence-corrected chi connectivity index (χ1v) is 8.47. The van der Waals surface area contributed by atoms with E-state index in [-0.39, 0.29) is 17.8 Å². The van der Waals surface area contributed by atoms with Crippen LogP contribution in [0.4, 0.5) is 0 Å². The van der Waals surface area contributed by atoms with Crippen LogP contribution in [-0.4, -0.2) is 45.3 Å². The highest BCUT2D eigenvalue weighted by molar-refractivity contribution is 5.85. The van der Waals surface area contributed by atoms with Gasteiger partial charge in [-0.1, -0.05) is 61.7 Å². The van der Waals surface area contributed by atoms with E-state index in [0.29, 0.717) is 5.75 Å². The van der Waals surface area contributed by atoms with Gasteiger partial charge in [0.15, 0.2) is 6.29 Å². The molecule has 0 saturated heterocycles. The predicted molar refractivity (Wildman–Crippen MR) is 110 cm³/mol. The zero-order valence-corrected chi connectivity index (χ0v) is 16.4. The van der Waals surface area contributed by atoms with Gasteiger partial charge in [-0.25, -0.2) is 9.59 Å². The van der Waals surface area contributed by atoms with E-state index in [0.717, 1.165) is 11.1 Å². The van der Waals surface area contributed by atoms with Crippen LogP contribution in [0.25, 0.3) is 11.1 Å². The number of hydrogen-bond acceptors (Lipinski definition) is 5. The Kier molecular flexibility index (Phi) is 12.1. The number of benzene rings is 2. The highest BCUT2D eigenvalue weighted by Crippen LogP contribution is 2.29. The fourth-order valence-electron chi connectivity index (χ4n) is 1.61. The molecule has 0 aromatic heterocycles. The van der Waals surface area contributed by atoms with Crippen LogP contribution in [-0.2, 0) is 9.59 Å². The monoisotopic (exact) mass is 402 g/mol. The van der Waals surface area contributed by atoms with Gasteiger partial charge < -0.3 is 25.2 Å². The number of aliphatic carboxylic acids is 2. The van der Waals surface area contributed by atoms with E-state index in [1.165, 1.54) is 13.8 Å². The lowest BCUT2D eigenvalue weighted by Crippen LogP contribution is -2.16. The topological polar surface area (TPSA) is 124 Å². The van der Waals surface area contributed by atoms with Gasteiger partial charge in [-0.3, -0.25) is 0 Å². The largest absolute Gasteiger partial charge is 0.488 e. The number of ether oxygens (including phenoxy) is 1. The molecule has 2 aromatic carbocycles.